The highest BCUT2D eigenvalue weighted by Gasteiger charge is 2.22. The number of carbonyl (C=O) groups excluding carboxylic acids is 1. The van der Waals surface area contributed by atoms with Crippen LogP contribution in [0.5, 0.6) is 0 Å². The number of rotatable bonds is 5. The second-order valence-corrected chi connectivity index (χ2v) is 7.08. The Labute approximate surface area is 117 Å². The predicted molar refractivity (Wildman–Crippen MR) is 76.2 cm³/mol. The first-order valence-electron chi connectivity index (χ1n) is 6.27. The number of imidazole rings is 1. The highest BCUT2D eigenvalue weighted by atomic mass is 32.2. The van der Waals surface area contributed by atoms with Crippen LogP contribution in [0.2, 0.25) is 0 Å². The minimum absolute atomic E-state index is 0.364. The lowest BCUT2D eigenvalue weighted by Gasteiger charge is -2.09. The molecular formula is C13H17N3O3S. The van der Waals surface area contributed by atoms with Gasteiger partial charge in [-0.05, 0) is 19.1 Å². The van der Waals surface area contributed by atoms with Crippen LogP contribution < -0.4 is 5.32 Å². The molecule has 7 heteroatoms. The van der Waals surface area contributed by atoms with E-state index in [1.807, 2.05) is 35.0 Å². The van der Waals surface area contributed by atoms with E-state index in [1.165, 1.54) is 6.92 Å². The molecule has 1 unspecified atom stereocenters. The van der Waals surface area contributed by atoms with Crippen molar-refractivity contribution in [2.75, 3.05) is 12.8 Å². The molecule has 108 valence electrons. The van der Waals surface area contributed by atoms with Crippen LogP contribution in [0.15, 0.2) is 30.6 Å². The number of carbonyl (C=O) groups is 1. The first-order valence-corrected chi connectivity index (χ1v) is 8.22. The maximum atomic E-state index is 11.6. The van der Waals surface area contributed by atoms with Crippen molar-refractivity contribution in [2.45, 2.75) is 18.6 Å². The van der Waals surface area contributed by atoms with E-state index in [1.54, 1.807) is 0 Å². The van der Waals surface area contributed by atoms with Crippen molar-refractivity contribution in [3.63, 3.8) is 0 Å². The first kappa shape index (κ1) is 14.5. The fraction of sp³-hybridized carbons (Fsp3) is 0.385. The van der Waals surface area contributed by atoms with E-state index in [2.05, 4.69) is 10.3 Å². The highest BCUT2D eigenvalue weighted by Crippen LogP contribution is 2.04. The average Bonchev–Trinajstić information content (AvgIpc) is 2.79. The molecule has 0 saturated heterocycles. The fourth-order valence-corrected chi connectivity index (χ4v) is 2.23. The van der Waals surface area contributed by atoms with Crippen LogP contribution in [-0.2, 0) is 21.1 Å². The number of hydrogen-bond donors (Lipinski definition) is 1. The lowest BCUT2D eigenvalue weighted by Crippen LogP contribution is -2.38. The third-order valence-electron chi connectivity index (χ3n) is 3.11. The van der Waals surface area contributed by atoms with Gasteiger partial charge in [-0.1, -0.05) is 6.07 Å². The lowest BCUT2D eigenvalue weighted by atomic mass is 10.3. The molecule has 0 aromatic carbocycles. The Morgan fingerprint density at radius 1 is 1.45 bits per heavy atom. The first-order chi connectivity index (χ1) is 9.38. The van der Waals surface area contributed by atoms with Crippen LogP contribution in [0.25, 0.3) is 5.65 Å². The van der Waals surface area contributed by atoms with Gasteiger partial charge in [0.15, 0.2) is 9.84 Å². The van der Waals surface area contributed by atoms with Gasteiger partial charge in [-0.15, -0.1) is 0 Å². The number of hydrogen-bond acceptors (Lipinski definition) is 4. The summed E-state index contributed by atoms with van der Waals surface area (Å²) in [6.07, 6.45) is 5.40. The van der Waals surface area contributed by atoms with Gasteiger partial charge in [0.1, 0.15) is 10.9 Å². The van der Waals surface area contributed by atoms with Gasteiger partial charge in [0.05, 0.1) is 5.69 Å². The average molecular weight is 295 g/mol. The van der Waals surface area contributed by atoms with E-state index < -0.39 is 21.0 Å². The maximum Gasteiger partial charge on any atom is 0.238 e. The van der Waals surface area contributed by atoms with Crippen LogP contribution in [0.1, 0.15) is 12.6 Å². The molecule has 6 nitrogen and oxygen atoms in total. The number of sulfone groups is 1. The Bertz CT molecular complexity index is 688. The smallest absolute Gasteiger partial charge is 0.238 e. The van der Waals surface area contributed by atoms with Crippen molar-refractivity contribution in [3.8, 4) is 0 Å². The Morgan fingerprint density at radius 2 is 2.20 bits per heavy atom. The Hall–Kier alpha value is -1.89. The molecule has 20 heavy (non-hydrogen) atoms. The minimum atomic E-state index is -3.35. The normalized spacial score (nSPS) is 13.3. The van der Waals surface area contributed by atoms with Gasteiger partial charge in [0, 0.05) is 31.6 Å². The molecule has 0 aliphatic heterocycles. The van der Waals surface area contributed by atoms with Crippen molar-refractivity contribution in [2.24, 2.45) is 0 Å². The van der Waals surface area contributed by atoms with Crippen LogP contribution >= 0.6 is 0 Å². The molecule has 0 aliphatic carbocycles. The van der Waals surface area contributed by atoms with Crippen molar-refractivity contribution in [1.29, 1.82) is 0 Å². The molecule has 0 fully saturated rings. The maximum absolute atomic E-state index is 11.6. The van der Waals surface area contributed by atoms with Gasteiger partial charge < -0.3 is 9.72 Å². The van der Waals surface area contributed by atoms with Crippen LogP contribution in [0.3, 0.4) is 0 Å². The SMILES string of the molecule is CC(C(=O)NCCc1cn2ccccc2n1)S(C)(=O)=O. The van der Waals surface area contributed by atoms with Crippen molar-refractivity contribution in [3.05, 3.63) is 36.3 Å². The van der Waals surface area contributed by atoms with E-state index in [0.29, 0.717) is 13.0 Å². The summed E-state index contributed by atoms with van der Waals surface area (Å²) in [6.45, 7) is 1.75. The summed E-state index contributed by atoms with van der Waals surface area (Å²) in [5, 5.41) is 1.59. The number of aromatic nitrogens is 2. The van der Waals surface area contributed by atoms with Crippen molar-refractivity contribution >= 4 is 21.4 Å². The summed E-state index contributed by atoms with van der Waals surface area (Å²) in [6, 6.07) is 5.71. The van der Waals surface area contributed by atoms with Gasteiger partial charge in [-0.25, -0.2) is 13.4 Å². The molecule has 1 N–H and O–H groups in total. The molecule has 2 aromatic heterocycles. The zero-order chi connectivity index (χ0) is 14.8. The molecule has 2 heterocycles. The number of pyridine rings is 1. The zero-order valence-electron chi connectivity index (χ0n) is 11.4. The Kier molecular flexibility index (Phi) is 4.08. The quantitative estimate of drug-likeness (QED) is 0.867. The van der Waals surface area contributed by atoms with Gasteiger partial charge >= 0.3 is 0 Å². The van der Waals surface area contributed by atoms with Gasteiger partial charge in [-0.2, -0.15) is 0 Å². The standard InChI is InChI=1S/C13H17N3O3S/c1-10(20(2,18)19)13(17)14-7-6-11-9-16-8-4-3-5-12(16)15-11/h3-5,8-10H,6-7H2,1-2H3,(H,14,17). The number of amides is 1. The van der Waals surface area contributed by atoms with E-state index in [0.717, 1.165) is 17.6 Å². The third kappa shape index (κ3) is 3.36. The molecule has 1 amide bonds. The predicted octanol–water partition coefficient (Wildman–Crippen LogP) is 0.426. The van der Waals surface area contributed by atoms with Crippen molar-refractivity contribution < 1.29 is 13.2 Å². The summed E-state index contributed by atoms with van der Waals surface area (Å²) >= 11 is 0. The summed E-state index contributed by atoms with van der Waals surface area (Å²) in [5.74, 6) is -0.476. The van der Waals surface area contributed by atoms with Crippen LogP contribution in [0, 0.1) is 0 Å². The van der Waals surface area contributed by atoms with Crippen LogP contribution in [0.4, 0.5) is 0 Å². The van der Waals surface area contributed by atoms with Gasteiger partial charge in [0.25, 0.3) is 0 Å². The molecule has 0 aliphatic rings. The van der Waals surface area contributed by atoms with Crippen LogP contribution in [-0.4, -0.2) is 41.8 Å². The Morgan fingerprint density at radius 3 is 2.85 bits per heavy atom. The third-order valence-corrected chi connectivity index (χ3v) is 4.60. The Balaban J connectivity index is 1.91. The number of fused-ring (bicyclic) bond motifs is 1. The molecule has 2 rings (SSSR count). The van der Waals surface area contributed by atoms with E-state index in [4.69, 9.17) is 0 Å². The summed E-state index contributed by atoms with van der Waals surface area (Å²) in [7, 11) is -3.35. The minimum Gasteiger partial charge on any atom is -0.355 e. The van der Waals surface area contributed by atoms with E-state index in [-0.39, 0.29) is 0 Å². The fourth-order valence-electron chi connectivity index (χ4n) is 1.76. The molecular weight excluding hydrogens is 278 g/mol. The highest BCUT2D eigenvalue weighted by molar-refractivity contribution is 7.92. The molecule has 1 atom stereocenters. The number of nitrogens with zero attached hydrogens (tertiary/aromatic N) is 2. The topological polar surface area (TPSA) is 80.5 Å². The van der Waals surface area contributed by atoms with E-state index in [9.17, 15) is 13.2 Å². The second kappa shape index (κ2) is 5.62. The van der Waals surface area contributed by atoms with E-state index >= 15 is 0 Å². The zero-order valence-corrected chi connectivity index (χ0v) is 12.2. The molecule has 0 radical (unpaired) electrons. The van der Waals surface area contributed by atoms with Gasteiger partial charge in [-0.3, -0.25) is 4.79 Å². The monoisotopic (exact) mass is 295 g/mol. The summed E-state index contributed by atoms with van der Waals surface area (Å²) in [4.78, 5) is 16.0. The molecule has 0 saturated carbocycles. The molecule has 0 spiro atoms. The lowest BCUT2D eigenvalue weighted by molar-refractivity contribution is -0.120. The summed E-state index contributed by atoms with van der Waals surface area (Å²) in [5.41, 5.74) is 1.70. The molecule has 0 bridgehead atoms. The number of nitrogens with one attached hydrogen (secondary N) is 1. The van der Waals surface area contributed by atoms with Gasteiger partial charge in [0.2, 0.25) is 5.91 Å². The largest absolute Gasteiger partial charge is 0.355 e. The summed E-state index contributed by atoms with van der Waals surface area (Å²) < 4.78 is 24.4. The van der Waals surface area contributed by atoms with Crippen molar-refractivity contribution in [1.82, 2.24) is 14.7 Å². The second-order valence-electron chi connectivity index (χ2n) is 4.71. The molecule has 2 aromatic rings.